The van der Waals surface area contributed by atoms with Crippen LogP contribution in [0.2, 0.25) is 0 Å². The van der Waals surface area contributed by atoms with E-state index in [9.17, 15) is 4.79 Å². The number of amides is 1. The van der Waals surface area contributed by atoms with Gasteiger partial charge in [0.05, 0.1) is 6.04 Å². The SMILES string of the molecule is C[C@@H](N)C(=O)NCCc1ccc2c(c1)OCCO2.Cl. The highest BCUT2D eigenvalue weighted by Gasteiger charge is 2.12. The van der Waals surface area contributed by atoms with Crippen molar-refractivity contribution >= 4 is 18.3 Å². The Hall–Kier alpha value is -1.46. The zero-order valence-electron chi connectivity index (χ0n) is 10.8. The van der Waals surface area contributed by atoms with Gasteiger partial charge < -0.3 is 20.5 Å². The fourth-order valence-electron chi connectivity index (χ4n) is 1.73. The van der Waals surface area contributed by atoms with E-state index in [1.165, 1.54) is 0 Å². The number of ether oxygens (including phenoxy) is 2. The number of nitrogens with one attached hydrogen (secondary N) is 1. The minimum atomic E-state index is -0.467. The summed E-state index contributed by atoms with van der Waals surface area (Å²) in [6.45, 7) is 3.41. The van der Waals surface area contributed by atoms with E-state index in [-0.39, 0.29) is 18.3 Å². The summed E-state index contributed by atoms with van der Waals surface area (Å²) in [4.78, 5) is 11.3. The monoisotopic (exact) mass is 286 g/mol. The first-order valence-electron chi connectivity index (χ1n) is 6.08. The Morgan fingerprint density at radius 1 is 1.37 bits per heavy atom. The number of halogens is 1. The molecule has 0 fully saturated rings. The fourth-order valence-corrected chi connectivity index (χ4v) is 1.73. The van der Waals surface area contributed by atoms with Crippen molar-refractivity contribution in [3.05, 3.63) is 23.8 Å². The van der Waals surface area contributed by atoms with Crippen molar-refractivity contribution in [2.24, 2.45) is 5.73 Å². The molecule has 5 nitrogen and oxygen atoms in total. The number of benzene rings is 1. The van der Waals surface area contributed by atoms with Crippen LogP contribution in [0.25, 0.3) is 0 Å². The summed E-state index contributed by atoms with van der Waals surface area (Å²) in [7, 11) is 0. The van der Waals surface area contributed by atoms with E-state index in [0.29, 0.717) is 19.8 Å². The smallest absolute Gasteiger partial charge is 0.236 e. The molecular formula is C13H19ClN2O3. The van der Waals surface area contributed by atoms with Gasteiger partial charge in [0.2, 0.25) is 5.91 Å². The highest BCUT2D eigenvalue weighted by atomic mass is 35.5. The Morgan fingerprint density at radius 3 is 2.74 bits per heavy atom. The van der Waals surface area contributed by atoms with Gasteiger partial charge in [-0.25, -0.2) is 0 Å². The van der Waals surface area contributed by atoms with Gasteiger partial charge in [-0.05, 0) is 31.0 Å². The van der Waals surface area contributed by atoms with Crippen molar-refractivity contribution in [2.45, 2.75) is 19.4 Å². The van der Waals surface area contributed by atoms with Crippen molar-refractivity contribution in [1.82, 2.24) is 5.32 Å². The van der Waals surface area contributed by atoms with Gasteiger partial charge in [-0.1, -0.05) is 6.07 Å². The van der Waals surface area contributed by atoms with Crippen LogP contribution in [0.4, 0.5) is 0 Å². The first-order valence-corrected chi connectivity index (χ1v) is 6.08. The quantitative estimate of drug-likeness (QED) is 0.862. The molecule has 0 aromatic heterocycles. The maximum atomic E-state index is 11.3. The topological polar surface area (TPSA) is 73.6 Å². The third-order valence-corrected chi connectivity index (χ3v) is 2.73. The number of carbonyl (C=O) groups excluding carboxylic acids is 1. The molecule has 2 rings (SSSR count). The third kappa shape index (κ3) is 4.29. The number of rotatable bonds is 4. The van der Waals surface area contributed by atoms with Gasteiger partial charge in [-0.15, -0.1) is 12.4 Å². The van der Waals surface area contributed by atoms with Gasteiger partial charge in [0.15, 0.2) is 11.5 Å². The van der Waals surface area contributed by atoms with Crippen molar-refractivity contribution in [3.63, 3.8) is 0 Å². The predicted octanol–water partition coefficient (Wildman–Crippen LogP) is 0.886. The van der Waals surface area contributed by atoms with E-state index in [0.717, 1.165) is 23.5 Å². The lowest BCUT2D eigenvalue weighted by Gasteiger charge is -2.19. The Bertz CT molecular complexity index is 438. The number of hydrogen-bond acceptors (Lipinski definition) is 4. The van der Waals surface area contributed by atoms with Gasteiger partial charge in [-0.2, -0.15) is 0 Å². The zero-order valence-corrected chi connectivity index (χ0v) is 11.7. The van der Waals surface area contributed by atoms with Crippen LogP contribution in [-0.2, 0) is 11.2 Å². The lowest BCUT2D eigenvalue weighted by Crippen LogP contribution is -2.39. The van der Waals surface area contributed by atoms with Gasteiger partial charge in [-0.3, -0.25) is 4.79 Å². The van der Waals surface area contributed by atoms with E-state index >= 15 is 0 Å². The molecule has 6 heteroatoms. The van der Waals surface area contributed by atoms with Gasteiger partial charge in [0.1, 0.15) is 13.2 Å². The molecule has 0 radical (unpaired) electrons. The van der Waals surface area contributed by atoms with Crippen molar-refractivity contribution in [3.8, 4) is 11.5 Å². The van der Waals surface area contributed by atoms with Gasteiger partial charge in [0, 0.05) is 6.54 Å². The minimum absolute atomic E-state index is 0. The first-order chi connectivity index (χ1) is 8.66. The summed E-state index contributed by atoms with van der Waals surface area (Å²) in [5, 5.41) is 2.77. The van der Waals surface area contributed by atoms with Gasteiger partial charge >= 0.3 is 0 Å². The van der Waals surface area contributed by atoms with Gasteiger partial charge in [0.25, 0.3) is 0 Å². The first kappa shape index (κ1) is 15.6. The van der Waals surface area contributed by atoms with Crippen LogP contribution in [0.1, 0.15) is 12.5 Å². The summed E-state index contributed by atoms with van der Waals surface area (Å²) in [6, 6.07) is 5.36. The molecule has 0 bridgehead atoms. The molecule has 3 N–H and O–H groups in total. The molecule has 1 heterocycles. The minimum Gasteiger partial charge on any atom is -0.486 e. The molecular weight excluding hydrogens is 268 g/mol. The molecule has 19 heavy (non-hydrogen) atoms. The molecule has 1 atom stereocenters. The number of fused-ring (bicyclic) bond motifs is 1. The van der Waals surface area contributed by atoms with Crippen LogP contribution in [0, 0.1) is 0 Å². The van der Waals surface area contributed by atoms with E-state index in [4.69, 9.17) is 15.2 Å². The molecule has 0 saturated heterocycles. The molecule has 1 aliphatic heterocycles. The summed E-state index contributed by atoms with van der Waals surface area (Å²) in [6.07, 6.45) is 0.745. The average molecular weight is 287 g/mol. The summed E-state index contributed by atoms with van der Waals surface area (Å²) in [5.74, 6) is 1.43. The van der Waals surface area contributed by atoms with E-state index < -0.39 is 6.04 Å². The number of carbonyl (C=O) groups is 1. The van der Waals surface area contributed by atoms with Crippen molar-refractivity contribution in [1.29, 1.82) is 0 Å². The largest absolute Gasteiger partial charge is 0.486 e. The Kier molecular flexibility index (Phi) is 5.92. The summed E-state index contributed by atoms with van der Waals surface area (Å²) in [5.41, 5.74) is 6.56. The second kappa shape index (κ2) is 7.21. The maximum Gasteiger partial charge on any atom is 0.236 e. The second-order valence-electron chi connectivity index (χ2n) is 4.31. The summed E-state index contributed by atoms with van der Waals surface area (Å²) < 4.78 is 10.9. The Balaban J connectivity index is 0.00000180. The second-order valence-corrected chi connectivity index (χ2v) is 4.31. The Morgan fingerprint density at radius 2 is 2.05 bits per heavy atom. The molecule has 0 unspecified atom stereocenters. The van der Waals surface area contributed by atoms with Crippen LogP contribution in [0.3, 0.4) is 0 Å². The fraction of sp³-hybridized carbons (Fsp3) is 0.462. The van der Waals surface area contributed by atoms with E-state index in [2.05, 4.69) is 5.32 Å². The van der Waals surface area contributed by atoms with E-state index in [1.807, 2.05) is 18.2 Å². The predicted molar refractivity (Wildman–Crippen MR) is 75.0 cm³/mol. The van der Waals surface area contributed by atoms with Crippen LogP contribution in [-0.4, -0.2) is 31.7 Å². The van der Waals surface area contributed by atoms with Crippen LogP contribution >= 0.6 is 12.4 Å². The lowest BCUT2D eigenvalue weighted by atomic mass is 10.1. The Labute approximate surface area is 118 Å². The number of hydrogen-bond donors (Lipinski definition) is 2. The molecule has 1 aromatic rings. The molecule has 0 aliphatic carbocycles. The van der Waals surface area contributed by atoms with E-state index in [1.54, 1.807) is 6.92 Å². The molecule has 0 spiro atoms. The maximum absolute atomic E-state index is 11.3. The number of nitrogens with two attached hydrogens (primary N) is 1. The lowest BCUT2D eigenvalue weighted by molar-refractivity contribution is -0.121. The molecule has 0 saturated carbocycles. The standard InChI is InChI=1S/C13H18N2O3.ClH/c1-9(14)13(16)15-5-4-10-2-3-11-12(8-10)18-7-6-17-11;/h2-3,8-9H,4-7,14H2,1H3,(H,15,16);1H/t9-;/m1./s1. The van der Waals surface area contributed by atoms with Crippen molar-refractivity contribution in [2.75, 3.05) is 19.8 Å². The highest BCUT2D eigenvalue weighted by Crippen LogP contribution is 2.30. The molecule has 1 aliphatic rings. The van der Waals surface area contributed by atoms with Crippen LogP contribution in [0.5, 0.6) is 11.5 Å². The van der Waals surface area contributed by atoms with Crippen LogP contribution in [0.15, 0.2) is 18.2 Å². The normalized spacial score (nSPS) is 14.2. The van der Waals surface area contributed by atoms with Crippen molar-refractivity contribution < 1.29 is 14.3 Å². The molecule has 106 valence electrons. The molecule has 1 aromatic carbocycles. The summed E-state index contributed by atoms with van der Waals surface area (Å²) >= 11 is 0. The molecule has 1 amide bonds. The third-order valence-electron chi connectivity index (χ3n) is 2.73. The average Bonchev–Trinajstić information content (AvgIpc) is 2.38. The van der Waals surface area contributed by atoms with Crippen LogP contribution < -0.4 is 20.5 Å². The highest BCUT2D eigenvalue weighted by molar-refractivity contribution is 5.85. The zero-order chi connectivity index (χ0) is 13.0.